The Kier molecular flexibility index (Phi) is 6.98. The van der Waals surface area contributed by atoms with Gasteiger partial charge in [-0.05, 0) is 29.8 Å². The van der Waals surface area contributed by atoms with E-state index in [2.05, 4.69) is 24.8 Å². The van der Waals surface area contributed by atoms with E-state index in [0.29, 0.717) is 44.4 Å². The zero-order chi connectivity index (χ0) is 24.7. The molecule has 1 amide bonds. The van der Waals surface area contributed by atoms with E-state index in [4.69, 9.17) is 9.47 Å². The third-order valence-corrected chi connectivity index (χ3v) is 6.02. The van der Waals surface area contributed by atoms with E-state index in [9.17, 15) is 4.79 Å². The van der Waals surface area contributed by atoms with Gasteiger partial charge in [-0.25, -0.2) is 19.9 Å². The first-order valence-corrected chi connectivity index (χ1v) is 11.7. The Morgan fingerprint density at radius 1 is 0.861 bits per heavy atom. The van der Waals surface area contributed by atoms with Crippen molar-refractivity contribution >= 4 is 11.7 Å². The van der Waals surface area contributed by atoms with E-state index in [-0.39, 0.29) is 5.91 Å². The Balaban J connectivity index is 1.20. The Morgan fingerprint density at radius 3 is 2.36 bits per heavy atom. The first-order valence-electron chi connectivity index (χ1n) is 11.7. The third kappa shape index (κ3) is 5.41. The highest BCUT2D eigenvalue weighted by molar-refractivity contribution is 5.92. The number of hydrogen-bond donors (Lipinski definition) is 0. The maximum atomic E-state index is 13.1. The number of nitrogens with zero attached hydrogens (tertiary/aromatic N) is 6. The number of methoxy groups -OCH3 is 1. The van der Waals surface area contributed by atoms with E-state index in [1.54, 1.807) is 24.4 Å². The van der Waals surface area contributed by atoms with Crippen LogP contribution in [-0.2, 0) is 6.61 Å². The molecule has 1 saturated heterocycles. The van der Waals surface area contributed by atoms with Crippen LogP contribution in [0.5, 0.6) is 11.6 Å². The molecule has 0 aliphatic carbocycles. The number of piperazine rings is 1. The van der Waals surface area contributed by atoms with Crippen LogP contribution in [0.4, 0.5) is 5.82 Å². The van der Waals surface area contributed by atoms with Gasteiger partial charge >= 0.3 is 0 Å². The van der Waals surface area contributed by atoms with Gasteiger partial charge in [0.2, 0.25) is 5.88 Å². The summed E-state index contributed by atoms with van der Waals surface area (Å²) in [7, 11) is 1.64. The van der Waals surface area contributed by atoms with Crippen LogP contribution in [0.25, 0.3) is 11.3 Å². The minimum atomic E-state index is -0.136. The molecule has 1 aliphatic rings. The monoisotopic (exact) mass is 482 g/mol. The van der Waals surface area contributed by atoms with E-state index < -0.39 is 0 Å². The summed E-state index contributed by atoms with van der Waals surface area (Å²) in [4.78, 5) is 34.2. The molecule has 4 aromatic rings. The van der Waals surface area contributed by atoms with Crippen molar-refractivity contribution < 1.29 is 14.3 Å². The van der Waals surface area contributed by atoms with Crippen LogP contribution in [0.15, 0.2) is 79.4 Å². The van der Waals surface area contributed by atoms with Crippen molar-refractivity contribution in [3.8, 4) is 22.9 Å². The SMILES string of the molecule is COc1ccc(-c2cc(N3CCN(C(=O)c4cc(OCc5ccccc5)ncn4)CC3)ncn2)cc1. The molecule has 1 fully saturated rings. The Bertz CT molecular complexity index is 1310. The molecule has 0 saturated carbocycles. The van der Waals surface area contributed by atoms with Crippen molar-refractivity contribution in [3.63, 3.8) is 0 Å². The van der Waals surface area contributed by atoms with E-state index >= 15 is 0 Å². The summed E-state index contributed by atoms with van der Waals surface area (Å²) in [5.74, 6) is 1.88. The van der Waals surface area contributed by atoms with Crippen LogP contribution in [0.1, 0.15) is 16.1 Å². The molecule has 5 rings (SSSR count). The predicted molar refractivity (Wildman–Crippen MR) is 135 cm³/mol. The van der Waals surface area contributed by atoms with Crippen LogP contribution in [-0.4, -0.2) is 64.0 Å². The van der Waals surface area contributed by atoms with Gasteiger partial charge in [0.25, 0.3) is 5.91 Å². The molecular weight excluding hydrogens is 456 g/mol. The highest BCUT2D eigenvalue weighted by Gasteiger charge is 2.24. The number of benzene rings is 2. The lowest BCUT2D eigenvalue weighted by Gasteiger charge is -2.35. The standard InChI is InChI=1S/C27H26N6O3/c1-35-22-9-7-21(8-10-22)23-15-25(30-18-28-23)32-11-13-33(14-12-32)27(34)24-16-26(31-19-29-24)36-17-20-5-3-2-4-6-20/h2-10,15-16,18-19H,11-14,17H2,1H3. The fraction of sp³-hybridized carbons (Fsp3) is 0.222. The van der Waals surface area contributed by atoms with Gasteiger partial charge in [-0.3, -0.25) is 4.79 Å². The maximum Gasteiger partial charge on any atom is 0.272 e. The van der Waals surface area contributed by atoms with E-state index in [1.165, 1.54) is 6.33 Å². The molecule has 3 heterocycles. The molecule has 182 valence electrons. The highest BCUT2D eigenvalue weighted by atomic mass is 16.5. The van der Waals surface area contributed by atoms with Crippen molar-refractivity contribution in [2.45, 2.75) is 6.61 Å². The summed E-state index contributed by atoms with van der Waals surface area (Å²) in [6, 6.07) is 21.2. The van der Waals surface area contributed by atoms with Gasteiger partial charge in [-0.1, -0.05) is 30.3 Å². The average molecular weight is 483 g/mol. The summed E-state index contributed by atoms with van der Waals surface area (Å²) in [6.45, 7) is 2.82. The zero-order valence-electron chi connectivity index (χ0n) is 19.9. The number of aromatic nitrogens is 4. The van der Waals surface area contributed by atoms with Crippen LogP contribution < -0.4 is 14.4 Å². The van der Waals surface area contributed by atoms with Crippen LogP contribution in [0.2, 0.25) is 0 Å². The first-order chi connectivity index (χ1) is 17.7. The normalized spacial score (nSPS) is 13.4. The Morgan fingerprint density at radius 2 is 1.61 bits per heavy atom. The van der Waals surface area contributed by atoms with Gasteiger partial charge in [0.05, 0.1) is 12.8 Å². The lowest BCUT2D eigenvalue weighted by molar-refractivity contribution is 0.0739. The zero-order valence-corrected chi connectivity index (χ0v) is 19.9. The number of anilines is 1. The Labute approximate surface area is 209 Å². The van der Waals surface area contributed by atoms with Crippen molar-refractivity contribution in [1.29, 1.82) is 0 Å². The second-order valence-electron chi connectivity index (χ2n) is 8.28. The number of carbonyl (C=O) groups excluding carboxylic acids is 1. The van der Waals surface area contributed by atoms with E-state index in [1.807, 2.05) is 60.7 Å². The largest absolute Gasteiger partial charge is 0.497 e. The molecule has 0 unspecified atom stereocenters. The Hall–Kier alpha value is -4.53. The van der Waals surface area contributed by atoms with Crippen molar-refractivity contribution in [2.75, 3.05) is 38.2 Å². The summed E-state index contributed by atoms with van der Waals surface area (Å²) >= 11 is 0. The van der Waals surface area contributed by atoms with Gasteiger partial charge in [-0.2, -0.15) is 0 Å². The number of amides is 1. The van der Waals surface area contributed by atoms with Gasteiger partial charge < -0.3 is 19.3 Å². The van der Waals surface area contributed by atoms with Crippen LogP contribution in [0, 0.1) is 0 Å². The number of carbonyl (C=O) groups is 1. The molecular formula is C27H26N6O3. The molecule has 2 aromatic carbocycles. The fourth-order valence-electron chi connectivity index (χ4n) is 4.01. The van der Waals surface area contributed by atoms with Crippen molar-refractivity contribution in [2.24, 2.45) is 0 Å². The fourth-order valence-corrected chi connectivity index (χ4v) is 4.01. The summed E-state index contributed by atoms with van der Waals surface area (Å²) in [5, 5.41) is 0. The molecule has 0 radical (unpaired) electrons. The molecule has 9 heteroatoms. The number of ether oxygens (including phenoxy) is 2. The van der Waals surface area contributed by atoms with Crippen LogP contribution in [0.3, 0.4) is 0 Å². The third-order valence-electron chi connectivity index (χ3n) is 6.02. The molecule has 1 aliphatic heterocycles. The van der Waals surface area contributed by atoms with Gasteiger partial charge in [0, 0.05) is 43.9 Å². The highest BCUT2D eigenvalue weighted by Crippen LogP contribution is 2.24. The average Bonchev–Trinajstić information content (AvgIpc) is 2.96. The smallest absolute Gasteiger partial charge is 0.272 e. The first kappa shape index (κ1) is 23.2. The second kappa shape index (κ2) is 10.8. The number of rotatable bonds is 7. The molecule has 9 nitrogen and oxygen atoms in total. The van der Waals surface area contributed by atoms with Gasteiger partial charge in [0.15, 0.2) is 0 Å². The maximum absolute atomic E-state index is 13.1. The number of hydrogen-bond acceptors (Lipinski definition) is 8. The van der Waals surface area contributed by atoms with Gasteiger partial charge in [0.1, 0.15) is 36.5 Å². The predicted octanol–water partition coefficient (Wildman–Crippen LogP) is 3.48. The molecule has 36 heavy (non-hydrogen) atoms. The minimum absolute atomic E-state index is 0.136. The molecule has 0 spiro atoms. The van der Waals surface area contributed by atoms with Gasteiger partial charge in [-0.15, -0.1) is 0 Å². The van der Waals surface area contributed by atoms with E-state index in [0.717, 1.165) is 28.4 Å². The summed E-state index contributed by atoms with van der Waals surface area (Å²) < 4.78 is 11.0. The molecule has 0 atom stereocenters. The summed E-state index contributed by atoms with van der Waals surface area (Å²) in [5.41, 5.74) is 3.18. The molecule has 0 bridgehead atoms. The summed E-state index contributed by atoms with van der Waals surface area (Å²) in [6.07, 6.45) is 2.94. The van der Waals surface area contributed by atoms with Crippen LogP contribution >= 0.6 is 0 Å². The minimum Gasteiger partial charge on any atom is -0.497 e. The molecule has 0 N–H and O–H groups in total. The van der Waals surface area contributed by atoms with Crippen molar-refractivity contribution in [3.05, 3.63) is 90.6 Å². The quantitative estimate of drug-likeness (QED) is 0.395. The lowest BCUT2D eigenvalue weighted by atomic mass is 10.1. The topological polar surface area (TPSA) is 93.6 Å². The lowest BCUT2D eigenvalue weighted by Crippen LogP contribution is -2.49. The molecule has 2 aromatic heterocycles. The second-order valence-corrected chi connectivity index (χ2v) is 8.28. The van der Waals surface area contributed by atoms with Crippen molar-refractivity contribution in [1.82, 2.24) is 24.8 Å².